The molecule has 0 spiro atoms. The summed E-state index contributed by atoms with van der Waals surface area (Å²) in [4.78, 5) is 10.7. The molecule has 0 saturated heterocycles. The number of hydrogen-bond donors (Lipinski definition) is 1. The van der Waals surface area contributed by atoms with E-state index in [0.29, 0.717) is 0 Å². The van der Waals surface area contributed by atoms with Gasteiger partial charge in [0.2, 0.25) is 0 Å². The number of hydrogen-bond acceptors (Lipinski definition) is 1. The standard InChI is InChI=1S/C15H34OP/c1-4-7-10-11-12-15-17(16,13-8-5-2)14-9-6-3/h16H,4-15H2,1-3H3/q+1. The lowest BCUT2D eigenvalue weighted by Crippen LogP contribution is -2.08. The monoisotopic (exact) mass is 261 g/mol. The summed E-state index contributed by atoms with van der Waals surface area (Å²) in [6.45, 7) is 6.71. The van der Waals surface area contributed by atoms with Gasteiger partial charge in [-0.25, -0.2) is 0 Å². The second-order valence-corrected chi connectivity index (χ2v) is 8.92. The predicted molar refractivity (Wildman–Crippen MR) is 82.3 cm³/mol. The van der Waals surface area contributed by atoms with Gasteiger partial charge in [-0.2, -0.15) is 0 Å². The SMILES string of the molecule is CCCCCCC[P+](O)(CCCC)CCCC. The van der Waals surface area contributed by atoms with Gasteiger partial charge in [0.15, 0.2) is 0 Å². The zero-order valence-corrected chi connectivity index (χ0v) is 13.3. The minimum atomic E-state index is -1.55. The third-order valence-corrected chi connectivity index (χ3v) is 6.98. The molecule has 2 heteroatoms. The predicted octanol–water partition coefficient (Wildman–Crippen LogP) is 5.48. The van der Waals surface area contributed by atoms with Crippen molar-refractivity contribution in [3.63, 3.8) is 0 Å². The van der Waals surface area contributed by atoms with Crippen molar-refractivity contribution in [3.05, 3.63) is 0 Å². The molecule has 0 aliphatic heterocycles. The molecule has 0 amide bonds. The van der Waals surface area contributed by atoms with Crippen LogP contribution in [0, 0.1) is 0 Å². The lowest BCUT2D eigenvalue weighted by atomic mass is 10.2. The topological polar surface area (TPSA) is 20.2 Å². The van der Waals surface area contributed by atoms with Crippen LogP contribution in [0.1, 0.15) is 78.6 Å². The van der Waals surface area contributed by atoms with E-state index < -0.39 is 7.49 Å². The molecule has 104 valence electrons. The molecule has 0 aliphatic carbocycles. The van der Waals surface area contributed by atoms with Gasteiger partial charge < -0.3 is 0 Å². The second-order valence-electron chi connectivity index (χ2n) is 5.39. The highest BCUT2D eigenvalue weighted by Crippen LogP contribution is 2.56. The highest BCUT2D eigenvalue weighted by molar-refractivity contribution is 7.70. The zero-order valence-electron chi connectivity index (χ0n) is 12.4. The molecule has 0 aliphatic rings. The van der Waals surface area contributed by atoms with E-state index in [2.05, 4.69) is 20.8 Å². The molecule has 0 aromatic heterocycles. The fourth-order valence-corrected chi connectivity index (χ4v) is 5.54. The van der Waals surface area contributed by atoms with Crippen LogP contribution in [0.5, 0.6) is 0 Å². The Balaban J connectivity index is 3.82. The van der Waals surface area contributed by atoms with Crippen LogP contribution in [0.15, 0.2) is 0 Å². The highest BCUT2D eigenvalue weighted by atomic mass is 31.2. The summed E-state index contributed by atoms with van der Waals surface area (Å²) in [5, 5.41) is 0. The first kappa shape index (κ1) is 17.4. The van der Waals surface area contributed by atoms with Crippen LogP contribution in [0.4, 0.5) is 0 Å². The van der Waals surface area contributed by atoms with Crippen LogP contribution in [-0.4, -0.2) is 23.4 Å². The van der Waals surface area contributed by atoms with E-state index >= 15 is 0 Å². The molecule has 1 nitrogen and oxygen atoms in total. The minimum Gasteiger partial charge on any atom is -0.252 e. The Hall–Kier alpha value is 0.390. The van der Waals surface area contributed by atoms with Crippen LogP contribution in [0.25, 0.3) is 0 Å². The quantitative estimate of drug-likeness (QED) is 0.364. The van der Waals surface area contributed by atoms with E-state index in [9.17, 15) is 4.89 Å². The summed E-state index contributed by atoms with van der Waals surface area (Å²) in [5.74, 6) is 0. The van der Waals surface area contributed by atoms with Crippen molar-refractivity contribution in [2.75, 3.05) is 18.5 Å². The fraction of sp³-hybridized carbons (Fsp3) is 1.00. The third kappa shape index (κ3) is 10.0. The Bertz CT molecular complexity index is 151. The molecule has 17 heavy (non-hydrogen) atoms. The molecule has 0 fully saturated rings. The molecule has 0 radical (unpaired) electrons. The van der Waals surface area contributed by atoms with Crippen molar-refractivity contribution >= 4 is 7.49 Å². The van der Waals surface area contributed by atoms with Gasteiger partial charge in [0.25, 0.3) is 0 Å². The van der Waals surface area contributed by atoms with Gasteiger partial charge in [-0.3, -0.25) is 4.89 Å². The molecule has 1 N–H and O–H groups in total. The largest absolute Gasteiger partial charge is 0.252 e. The number of unbranched alkanes of at least 4 members (excludes halogenated alkanes) is 6. The molecule has 0 rings (SSSR count). The first-order chi connectivity index (χ1) is 8.18. The van der Waals surface area contributed by atoms with E-state index in [-0.39, 0.29) is 0 Å². The summed E-state index contributed by atoms with van der Waals surface area (Å²) < 4.78 is 0. The van der Waals surface area contributed by atoms with Crippen molar-refractivity contribution in [3.8, 4) is 0 Å². The van der Waals surface area contributed by atoms with Crippen LogP contribution < -0.4 is 0 Å². The van der Waals surface area contributed by atoms with E-state index in [4.69, 9.17) is 0 Å². The Labute approximate surface area is 110 Å². The molecule has 0 heterocycles. The summed E-state index contributed by atoms with van der Waals surface area (Å²) in [6.07, 6.45) is 14.9. The average molecular weight is 261 g/mol. The first-order valence-corrected chi connectivity index (χ1v) is 10.1. The maximum absolute atomic E-state index is 10.7. The highest BCUT2D eigenvalue weighted by Gasteiger charge is 2.32. The molecule has 0 atom stereocenters. The van der Waals surface area contributed by atoms with Gasteiger partial charge in [-0.05, 0) is 25.7 Å². The Morgan fingerprint density at radius 1 is 0.588 bits per heavy atom. The maximum Gasteiger partial charge on any atom is 0.142 e. The average Bonchev–Trinajstić information content (AvgIpc) is 2.34. The lowest BCUT2D eigenvalue weighted by Gasteiger charge is -2.20. The van der Waals surface area contributed by atoms with Crippen LogP contribution in [0.3, 0.4) is 0 Å². The Morgan fingerprint density at radius 2 is 1.00 bits per heavy atom. The Kier molecular flexibility index (Phi) is 11.7. The Morgan fingerprint density at radius 3 is 1.47 bits per heavy atom. The van der Waals surface area contributed by atoms with E-state index in [1.807, 2.05) is 0 Å². The molecular formula is C15H34OP+. The molecule has 0 aromatic carbocycles. The second kappa shape index (κ2) is 11.5. The van der Waals surface area contributed by atoms with Crippen LogP contribution in [0.2, 0.25) is 0 Å². The van der Waals surface area contributed by atoms with Crippen LogP contribution >= 0.6 is 7.49 Å². The molecular weight excluding hydrogens is 227 g/mol. The van der Waals surface area contributed by atoms with Gasteiger partial charge in [-0.1, -0.05) is 52.9 Å². The van der Waals surface area contributed by atoms with Crippen molar-refractivity contribution in [1.82, 2.24) is 0 Å². The van der Waals surface area contributed by atoms with Crippen molar-refractivity contribution in [1.29, 1.82) is 0 Å². The third-order valence-electron chi connectivity index (χ3n) is 3.53. The van der Waals surface area contributed by atoms with Gasteiger partial charge in [-0.15, -0.1) is 0 Å². The first-order valence-electron chi connectivity index (χ1n) is 7.77. The van der Waals surface area contributed by atoms with Gasteiger partial charge in [0.05, 0.1) is 18.5 Å². The smallest absolute Gasteiger partial charge is 0.142 e. The van der Waals surface area contributed by atoms with E-state index in [0.717, 1.165) is 18.5 Å². The summed E-state index contributed by atoms with van der Waals surface area (Å²) in [5.41, 5.74) is 0. The van der Waals surface area contributed by atoms with Crippen molar-refractivity contribution < 1.29 is 4.89 Å². The van der Waals surface area contributed by atoms with Gasteiger partial charge in [0.1, 0.15) is 7.49 Å². The molecule has 0 aromatic rings. The summed E-state index contributed by atoms with van der Waals surface area (Å²) in [6, 6.07) is 0. The molecule has 0 unspecified atom stereocenters. The fourth-order valence-electron chi connectivity index (χ4n) is 2.25. The van der Waals surface area contributed by atoms with Gasteiger partial charge in [0, 0.05) is 0 Å². The summed E-state index contributed by atoms with van der Waals surface area (Å²) in [7, 11) is -1.55. The minimum absolute atomic E-state index is 1.12. The lowest BCUT2D eigenvalue weighted by molar-refractivity contribution is 0.574. The van der Waals surface area contributed by atoms with Gasteiger partial charge >= 0.3 is 0 Å². The zero-order chi connectivity index (χ0) is 13.0. The summed E-state index contributed by atoms with van der Waals surface area (Å²) >= 11 is 0. The van der Waals surface area contributed by atoms with Crippen LogP contribution in [-0.2, 0) is 0 Å². The molecule has 0 saturated carbocycles. The van der Waals surface area contributed by atoms with E-state index in [1.54, 1.807) is 0 Å². The maximum atomic E-state index is 10.7. The van der Waals surface area contributed by atoms with Crippen molar-refractivity contribution in [2.24, 2.45) is 0 Å². The van der Waals surface area contributed by atoms with E-state index in [1.165, 1.54) is 57.8 Å². The number of rotatable bonds is 12. The van der Waals surface area contributed by atoms with Crippen molar-refractivity contribution in [2.45, 2.75) is 78.6 Å². The molecule has 0 bridgehead atoms. The normalized spacial score (nSPS) is 12.0.